The maximum atomic E-state index is 5.16. The summed E-state index contributed by atoms with van der Waals surface area (Å²) >= 11 is 0. The van der Waals surface area contributed by atoms with Crippen molar-refractivity contribution in [1.29, 1.82) is 0 Å². The SMILES string of the molecule is C#CCCCNC(C)Cn1cccn1. The zero-order valence-corrected chi connectivity index (χ0v) is 8.61. The summed E-state index contributed by atoms with van der Waals surface area (Å²) in [6.07, 6.45) is 10.8. The summed E-state index contributed by atoms with van der Waals surface area (Å²) in [5, 5.41) is 7.54. The molecule has 0 saturated heterocycles. The number of nitrogens with one attached hydrogen (secondary N) is 1. The van der Waals surface area contributed by atoms with Gasteiger partial charge in [0.15, 0.2) is 0 Å². The van der Waals surface area contributed by atoms with Gasteiger partial charge in [-0.25, -0.2) is 0 Å². The fourth-order valence-corrected chi connectivity index (χ4v) is 1.29. The molecule has 1 heterocycles. The second-order valence-electron chi connectivity index (χ2n) is 3.39. The normalized spacial score (nSPS) is 12.3. The number of rotatable bonds is 6. The van der Waals surface area contributed by atoms with Crippen molar-refractivity contribution in [2.24, 2.45) is 0 Å². The summed E-state index contributed by atoms with van der Waals surface area (Å²) in [5.41, 5.74) is 0. The Hall–Kier alpha value is -1.27. The predicted molar refractivity (Wildman–Crippen MR) is 57.8 cm³/mol. The number of hydrogen-bond acceptors (Lipinski definition) is 2. The molecule has 76 valence electrons. The first-order chi connectivity index (χ1) is 6.83. The molecule has 0 aromatic carbocycles. The van der Waals surface area contributed by atoms with Crippen LogP contribution in [0.2, 0.25) is 0 Å². The smallest absolute Gasteiger partial charge is 0.0559 e. The first-order valence-electron chi connectivity index (χ1n) is 4.97. The zero-order chi connectivity index (χ0) is 10.2. The molecule has 0 amide bonds. The van der Waals surface area contributed by atoms with Crippen LogP contribution in [0.25, 0.3) is 0 Å². The largest absolute Gasteiger partial charge is 0.312 e. The van der Waals surface area contributed by atoms with Crippen LogP contribution < -0.4 is 5.32 Å². The Balaban J connectivity index is 2.11. The summed E-state index contributed by atoms with van der Waals surface area (Å²) in [7, 11) is 0. The third-order valence-electron chi connectivity index (χ3n) is 2.01. The van der Waals surface area contributed by atoms with E-state index in [2.05, 4.69) is 23.3 Å². The van der Waals surface area contributed by atoms with Crippen LogP contribution in [0.15, 0.2) is 18.5 Å². The van der Waals surface area contributed by atoms with E-state index in [4.69, 9.17) is 6.42 Å². The minimum absolute atomic E-state index is 0.438. The molecule has 0 aliphatic heterocycles. The van der Waals surface area contributed by atoms with Gasteiger partial charge in [0.25, 0.3) is 0 Å². The number of unbranched alkanes of at least 4 members (excludes halogenated alkanes) is 1. The van der Waals surface area contributed by atoms with Gasteiger partial charge >= 0.3 is 0 Å². The van der Waals surface area contributed by atoms with E-state index in [0.29, 0.717) is 6.04 Å². The monoisotopic (exact) mass is 191 g/mol. The molecule has 1 atom stereocenters. The summed E-state index contributed by atoms with van der Waals surface area (Å²) in [4.78, 5) is 0. The lowest BCUT2D eigenvalue weighted by molar-refractivity contribution is 0.449. The highest BCUT2D eigenvalue weighted by Crippen LogP contribution is 1.91. The van der Waals surface area contributed by atoms with Crippen LogP contribution in [-0.4, -0.2) is 22.4 Å². The molecule has 3 nitrogen and oxygen atoms in total. The standard InChI is InChI=1S/C11H17N3/c1-3-4-5-7-12-11(2)10-14-9-6-8-13-14/h1,6,8-9,11-12H,4-5,7,10H2,2H3. The summed E-state index contributed by atoms with van der Waals surface area (Å²) in [5.74, 6) is 2.63. The maximum absolute atomic E-state index is 5.16. The molecule has 0 aliphatic rings. The van der Waals surface area contributed by atoms with E-state index in [1.54, 1.807) is 6.20 Å². The average Bonchev–Trinajstić information content (AvgIpc) is 2.65. The van der Waals surface area contributed by atoms with E-state index in [-0.39, 0.29) is 0 Å². The molecule has 3 heteroatoms. The lowest BCUT2D eigenvalue weighted by atomic mass is 10.3. The van der Waals surface area contributed by atoms with Gasteiger partial charge in [0.1, 0.15) is 0 Å². The summed E-state index contributed by atoms with van der Waals surface area (Å²) < 4.78 is 1.93. The molecule has 1 rings (SSSR count). The van der Waals surface area contributed by atoms with Crippen molar-refractivity contribution in [1.82, 2.24) is 15.1 Å². The van der Waals surface area contributed by atoms with Crippen LogP contribution in [-0.2, 0) is 6.54 Å². The van der Waals surface area contributed by atoms with Crippen LogP contribution in [0, 0.1) is 12.3 Å². The van der Waals surface area contributed by atoms with Crippen molar-refractivity contribution in [2.75, 3.05) is 6.54 Å². The number of aromatic nitrogens is 2. The summed E-state index contributed by atoms with van der Waals surface area (Å²) in [6, 6.07) is 2.37. The molecule has 1 N–H and O–H groups in total. The van der Waals surface area contributed by atoms with E-state index < -0.39 is 0 Å². The fourth-order valence-electron chi connectivity index (χ4n) is 1.29. The van der Waals surface area contributed by atoms with E-state index >= 15 is 0 Å². The lowest BCUT2D eigenvalue weighted by Gasteiger charge is -2.12. The molecule has 1 aromatic rings. The third kappa shape index (κ3) is 4.11. The lowest BCUT2D eigenvalue weighted by Crippen LogP contribution is -2.31. The van der Waals surface area contributed by atoms with Crippen molar-refractivity contribution in [3.63, 3.8) is 0 Å². The van der Waals surface area contributed by atoms with E-state index in [9.17, 15) is 0 Å². The van der Waals surface area contributed by atoms with Crippen LogP contribution in [0.5, 0.6) is 0 Å². The Morgan fingerprint density at radius 3 is 3.14 bits per heavy atom. The van der Waals surface area contributed by atoms with Crippen LogP contribution in [0.4, 0.5) is 0 Å². The molecule has 1 aromatic heterocycles. The molecular formula is C11H17N3. The second kappa shape index (κ2) is 6.22. The molecule has 0 fully saturated rings. The second-order valence-corrected chi connectivity index (χ2v) is 3.39. The zero-order valence-electron chi connectivity index (χ0n) is 8.61. The number of terminal acetylenes is 1. The molecule has 1 unspecified atom stereocenters. The van der Waals surface area contributed by atoms with Crippen molar-refractivity contribution >= 4 is 0 Å². The Labute approximate surface area is 85.5 Å². The Bertz CT molecular complexity index is 271. The molecular weight excluding hydrogens is 174 g/mol. The minimum atomic E-state index is 0.438. The minimum Gasteiger partial charge on any atom is -0.312 e. The highest BCUT2D eigenvalue weighted by molar-refractivity contribution is 4.83. The maximum Gasteiger partial charge on any atom is 0.0559 e. The average molecular weight is 191 g/mol. The van der Waals surface area contributed by atoms with Crippen molar-refractivity contribution in [3.05, 3.63) is 18.5 Å². The third-order valence-corrected chi connectivity index (χ3v) is 2.01. The van der Waals surface area contributed by atoms with Gasteiger partial charge in [0, 0.05) is 24.9 Å². The van der Waals surface area contributed by atoms with E-state index in [1.807, 2.05) is 16.9 Å². The molecule has 0 saturated carbocycles. The van der Waals surface area contributed by atoms with Gasteiger partial charge in [0.05, 0.1) is 6.54 Å². The van der Waals surface area contributed by atoms with Crippen LogP contribution in [0.1, 0.15) is 19.8 Å². The molecule has 0 aliphatic carbocycles. The van der Waals surface area contributed by atoms with Crippen LogP contribution >= 0.6 is 0 Å². The van der Waals surface area contributed by atoms with E-state index in [0.717, 1.165) is 25.9 Å². The Morgan fingerprint density at radius 1 is 1.64 bits per heavy atom. The van der Waals surface area contributed by atoms with Crippen molar-refractivity contribution in [2.45, 2.75) is 32.4 Å². The van der Waals surface area contributed by atoms with Crippen molar-refractivity contribution < 1.29 is 0 Å². The highest BCUT2D eigenvalue weighted by atomic mass is 15.3. The van der Waals surface area contributed by atoms with Crippen LogP contribution in [0.3, 0.4) is 0 Å². The van der Waals surface area contributed by atoms with Crippen molar-refractivity contribution in [3.8, 4) is 12.3 Å². The number of nitrogens with zero attached hydrogens (tertiary/aromatic N) is 2. The van der Waals surface area contributed by atoms with Gasteiger partial charge < -0.3 is 5.32 Å². The highest BCUT2D eigenvalue weighted by Gasteiger charge is 2.00. The topological polar surface area (TPSA) is 29.9 Å². The summed E-state index contributed by atoms with van der Waals surface area (Å²) in [6.45, 7) is 4.03. The van der Waals surface area contributed by atoms with Gasteiger partial charge in [-0.05, 0) is 26.0 Å². The quantitative estimate of drug-likeness (QED) is 0.542. The van der Waals surface area contributed by atoms with Gasteiger partial charge in [0.2, 0.25) is 0 Å². The predicted octanol–water partition coefficient (Wildman–Crippen LogP) is 1.27. The fraction of sp³-hybridized carbons (Fsp3) is 0.545. The Kier molecular flexibility index (Phi) is 4.81. The molecule has 0 radical (unpaired) electrons. The van der Waals surface area contributed by atoms with Gasteiger partial charge in [-0.1, -0.05) is 0 Å². The van der Waals surface area contributed by atoms with Gasteiger partial charge in [-0.2, -0.15) is 5.10 Å². The van der Waals surface area contributed by atoms with Gasteiger partial charge in [-0.15, -0.1) is 12.3 Å². The molecule has 14 heavy (non-hydrogen) atoms. The first kappa shape index (κ1) is 10.8. The van der Waals surface area contributed by atoms with Gasteiger partial charge in [-0.3, -0.25) is 4.68 Å². The molecule has 0 spiro atoms. The first-order valence-corrected chi connectivity index (χ1v) is 4.97. The number of hydrogen-bond donors (Lipinski definition) is 1. The van der Waals surface area contributed by atoms with E-state index in [1.165, 1.54) is 0 Å². The Morgan fingerprint density at radius 2 is 2.50 bits per heavy atom. The molecule has 0 bridgehead atoms.